The first-order chi connectivity index (χ1) is 3.48. The van der Waals surface area contributed by atoms with Gasteiger partial charge in [-0.2, -0.15) is 0 Å². The monoisotopic (exact) mass is 114 g/mol. The molecule has 0 aromatic heterocycles. The van der Waals surface area contributed by atoms with Gasteiger partial charge in [0.05, 0.1) is 0 Å². The van der Waals surface area contributed by atoms with Gasteiger partial charge in [0, 0.05) is 0 Å². The molecule has 0 radical (unpaired) electrons. The van der Waals surface area contributed by atoms with E-state index in [1.54, 1.807) is 0 Å². The second kappa shape index (κ2) is 2.07. The van der Waals surface area contributed by atoms with E-state index in [1.165, 1.54) is 6.92 Å². The minimum absolute atomic E-state index is 0.350. The van der Waals surface area contributed by atoms with Gasteiger partial charge in [-0.05, 0) is 13.0 Å². The van der Waals surface area contributed by atoms with Crippen molar-refractivity contribution in [2.24, 2.45) is 11.5 Å². The summed E-state index contributed by atoms with van der Waals surface area (Å²) in [5, 5.41) is 0. The number of carbonyl (C=O) groups is 1. The number of rotatable bonds is 2. The SMILES string of the molecule is C=CC(=O)C(C)(N)N. The second-order valence-electron chi connectivity index (χ2n) is 1.85. The van der Waals surface area contributed by atoms with Crippen molar-refractivity contribution in [3.8, 4) is 0 Å². The molecular weight excluding hydrogens is 104 g/mol. The van der Waals surface area contributed by atoms with Gasteiger partial charge in [-0.25, -0.2) is 0 Å². The number of nitrogens with two attached hydrogens (primary N) is 2. The van der Waals surface area contributed by atoms with Crippen LogP contribution in [-0.2, 0) is 4.79 Å². The van der Waals surface area contributed by atoms with Crippen molar-refractivity contribution in [1.29, 1.82) is 0 Å². The van der Waals surface area contributed by atoms with Crippen molar-refractivity contribution < 1.29 is 4.79 Å². The molecular formula is C5H10N2O. The smallest absolute Gasteiger partial charge is 0.188 e. The highest BCUT2D eigenvalue weighted by Crippen LogP contribution is 1.88. The van der Waals surface area contributed by atoms with Gasteiger partial charge in [0.15, 0.2) is 5.78 Å². The molecule has 0 aliphatic heterocycles. The van der Waals surface area contributed by atoms with E-state index >= 15 is 0 Å². The average molecular weight is 114 g/mol. The van der Waals surface area contributed by atoms with Crippen LogP contribution in [0.5, 0.6) is 0 Å². The van der Waals surface area contributed by atoms with Crippen LogP contribution in [0, 0.1) is 0 Å². The van der Waals surface area contributed by atoms with E-state index in [4.69, 9.17) is 11.5 Å². The van der Waals surface area contributed by atoms with Gasteiger partial charge in [-0.15, -0.1) is 0 Å². The number of hydrogen-bond acceptors (Lipinski definition) is 3. The Morgan fingerprint density at radius 2 is 2.12 bits per heavy atom. The summed E-state index contributed by atoms with van der Waals surface area (Å²) in [6.07, 6.45) is 1.11. The standard InChI is InChI=1S/C5H10N2O/c1-3-4(8)5(2,6)7/h3H,1,6-7H2,2H3. The van der Waals surface area contributed by atoms with E-state index in [0.29, 0.717) is 0 Å². The molecule has 0 aromatic carbocycles. The molecule has 0 saturated carbocycles. The molecule has 0 fully saturated rings. The van der Waals surface area contributed by atoms with Crippen LogP contribution < -0.4 is 11.5 Å². The zero-order valence-electron chi connectivity index (χ0n) is 4.85. The van der Waals surface area contributed by atoms with Crippen LogP contribution in [0.1, 0.15) is 6.92 Å². The van der Waals surface area contributed by atoms with E-state index < -0.39 is 5.66 Å². The number of carbonyl (C=O) groups excluding carboxylic acids is 1. The van der Waals surface area contributed by atoms with Gasteiger partial charge in [0.25, 0.3) is 0 Å². The van der Waals surface area contributed by atoms with Crippen molar-refractivity contribution in [3.63, 3.8) is 0 Å². The van der Waals surface area contributed by atoms with Crippen molar-refractivity contribution in [2.75, 3.05) is 0 Å². The van der Waals surface area contributed by atoms with Crippen LogP contribution in [0.15, 0.2) is 12.7 Å². The fourth-order valence-electron chi connectivity index (χ4n) is 0.220. The van der Waals surface area contributed by atoms with Crippen LogP contribution >= 0.6 is 0 Å². The maximum Gasteiger partial charge on any atom is 0.188 e. The Morgan fingerprint density at radius 3 is 2.12 bits per heavy atom. The van der Waals surface area contributed by atoms with Gasteiger partial charge in [-0.1, -0.05) is 6.58 Å². The predicted molar refractivity (Wildman–Crippen MR) is 32.0 cm³/mol. The van der Waals surface area contributed by atoms with Gasteiger partial charge >= 0.3 is 0 Å². The fraction of sp³-hybridized carbons (Fsp3) is 0.400. The van der Waals surface area contributed by atoms with Gasteiger partial charge in [-0.3, -0.25) is 4.79 Å². The molecule has 46 valence electrons. The van der Waals surface area contributed by atoms with Crippen LogP contribution in [0.25, 0.3) is 0 Å². The first kappa shape index (κ1) is 7.33. The van der Waals surface area contributed by atoms with Crippen molar-refractivity contribution >= 4 is 5.78 Å². The van der Waals surface area contributed by atoms with Gasteiger partial charge in [0.2, 0.25) is 0 Å². The van der Waals surface area contributed by atoms with Crippen molar-refractivity contribution in [3.05, 3.63) is 12.7 Å². The largest absolute Gasteiger partial charge is 0.307 e. The molecule has 0 aromatic rings. The second-order valence-corrected chi connectivity index (χ2v) is 1.85. The topological polar surface area (TPSA) is 69.1 Å². The lowest BCUT2D eigenvalue weighted by molar-refractivity contribution is -0.118. The third kappa shape index (κ3) is 1.86. The summed E-state index contributed by atoms with van der Waals surface area (Å²) in [6.45, 7) is 4.65. The molecule has 0 rings (SSSR count). The summed E-state index contributed by atoms with van der Waals surface area (Å²) in [6, 6.07) is 0. The molecule has 0 heterocycles. The molecule has 0 aliphatic rings. The first-order valence-electron chi connectivity index (χ1n) is 2.23. The fourth-order valence-corrected chi connectivity index (χ4v) is 0.220. The first-order valence-corrected chi connectivity index (χ1v) is 2.23. The summed E-state index contributed by atoms with van der Waals surface area (Å²) < 4.78 is 0. The Labute approximate surface area is 48.4 Å². The summed E-state index contributed by atoms with van der Waals surface area (Å²) in [7, 11) is 0. The van der Waals surface area contributed by atoms with E-state index in [-0.39, 0.29) is 5.78 Å². The van der Waals surface area contributed by atoms with E-state index in [1.807, 2.05) is 0 Å². The molecule has 3 heteroatoms. The molecule has 3 nitrogen and oxygen atoms in total. The minimum atomic E-state index is -1.25. The molecule has 8 heavy (non-hydrogen) atoms. The van der Waals surface area contributed by atoms with Gasteiger partial charge in [0.1, 0.15) is 5.66 Å². The van der Waals surface area contributed by atoms with Crippen LogP contribution in [0.2, 0.25) is 0 Å². The van der Waals surface area contributed by atoms with Crippen LogP contribution in [-0.4, -0.2) is 11.4 Å². The summed E-state index contributed by atoms with van der Waals surface area (Å²) >= 11 is 0. The lowest BCUT2D eigenvalue weighted by atomic mass is 10.1. The Morgan fingerprint density at radius 1 is 1.75 bits per heavy atom. The Kier molecular flexibility index (Phi) is 1.89. The van der Waals surface area contributed by atoms with E-state index in [9.17, 15) is 4.79 Å². The highest BCUT2D eigenvalue weighted by molar-refractivity contribution is 5.96. The molecule has 0 saturated heterocycles. The summed E-state index contributed by atoms with van der Waals surface area (Å²) in [5.41, 5.74) is 9.04. The predicted octanol–water partition coefficient (Wildman–Crippen LogP) is -0.625. The number of hydrogen-bond donors (Lipinski definition) is 2. The lowest BCUT2D eigenvalue weighted by Crippen LogP contribution is -2.52. The maximum absolute atomic E-state index is 10.5. The molecule has 0 aliphatic carbocycles. The quantitative estimate of drug-likeness (QED) is 0.371. The highest BCUT2D eigenvalue weighted by Gasteiger charge is 2.17. The van der Waals surface area contributed by atoms with Crippen molar-refractivity contribution in [1.82, 2.24) is 0 Å². The molecule has 0 unspecified atom stereocenters. The minimum Gasteiger partial charge on any atom is -0.307 e. The van der Waals surface area contributed by atoms with E-state index in [2.05, 4.69) is 6.58 Å². The Balaban J connectivity index is 4.02. The molecule has 0 amide bonds. The van der Waals surface area contributed by atoms with Crippen molar-refractivity contribution in [2.45, 2.75) is 12.6 Å². The highest BCUT2D eigenvalue weighted by atomic mass is 16.1. The zero-order valence-corrected chi connectivity index (χ0v) is 4.85. The Hall–Kier alpha value is -0.670. The summed E-state index contributed by atoms with van der Waals surface area (Å²) in [5.74, 6) is -0.350. The molecule has 0 bridgehead atoms. The lowest BCUT2D eigenvalue weighted by Gasteiger charge is -2.12. The molecule has 4 N–H and O–H groups in total. The number of ketones is 1. The molecule has 0 atom stereocenters. The molecule has 0 spiro atoms. The normalized spacial score (nSPS) is 10.9. The third-order valence-corrected chi connectivity index (χ3v) is 0.716. The third-order valence-electron chi connectivity index (χ3n) is 0.716. The Bertz CT molecular complexity index is 112. The average Bonchev–Trinajstić information content (AvgIpc) is 1.62. The van der Waals surface area contributed by atoms with Crippen LogP contribution in [0.4, 0.5) is 0 Å². The van der Waals surface area contributed by atoms with E-state index in [0.717, 1.165) is 6.08 Å². The summed E-state index contributed by atoms with van der Waals surface area (Å²) in [4.78, 5) is 10.5. The van der Waals surface area contributed by atoms with Crippen LogP contribution in [0.3, 0.4) is 0 Å². The zero-order chi connectivity index (χ0) is 6.78. The maximum atomic E-state index is 10.5. The van der Waals surface area contributed by atoms with Gasteiger partial charge < -0.3 is 11.5 Å².